The Morgan fingerprint density at radius 1 is 0.773 bits per heavy atom. The van der Waals surface area contributed by atoms with Gasteiger partial charge < -0.3 is 9.47 Å². The molecule has 22 heavy (non-hydrogen) atoms. The topological polar surface area (TPSA) is 18.5 Å². The molecule has 1 radical (unpaired) electrons. The molecule has 0 aliphatic heterocycles. The fraction of sp³-hybridized carbons (Fsp3) is 0.133. The number of rotatable bonds is 4. The van der Waals surface area contributed by atoms with Crippen LogP contribution < -0.4 is 9.47 Å². The summed E-state index contributed by atoms with van der Waals surface area (Å²) in [6.45, 7) is 3.71. The lowest BCUT2D eigenvalue weighted by Gasteiger charge is -2.20. The van der Waals surface area contributed by atoms with E-state index in [1.807, 2.05) is 0 Å². The van der Waals surface area contributed by atoms with Gasteiger partial charge in [-0.1, -0.05) is 12.1 Å². The van der Waals surface area contributed by atoms with Crippen molar-refractivity contribution in [2.75, 3.05) is 0 Å². The first-order chi connectivity index (χ1) is 10.2. The van der Waals surface area contributed by atoms with E-state index >= 15 is 0 Å². The molecule has 0 spiro atoms. The van der Waals surface area contributed by atoms with Gasteiger partial charge in [0, 0.05) is 0 Å². The van der Waals surface area contributed by atoms with Crippen LogP contribution in [0.2, 0.25) is 0 Å². The minimum absolute atomic E-state index is 0.258. The molecule has 0 unspecified atom stereocenters. The summed E-state index contributed by atoms with van der Waals surface area (Å²) >= 11 is 0. The monoisotopic (exact) mass is 317 g/mol. The Hall–Kier alpha value is -2.31. The highest BCUT2D eigenvalue weighted by Crippen LogP contribution is 2.37. The zero-order chi connectivity index (χ0) is 16.4. The first-order valence-electron chi connectivity index (χ1n) is 6.01. The largest absolute Gasteiger partial charge is 0.499 e. The molecule has 0 aromatic heterocycles. The lowest BCUT2D eigenvalue weighted by atomic mass is 10.2. The van der Waals surface area contributed by atoms with Gasteiger partial charge in [0.05, 0.1) is 0 Å². The SMILES string of the molecule is [CH2]c1cccc(Oc2ccc(OC(F)(F)C(F)(F)F)cc2)c1. The maximum Gasteiger partial charge on any atom is 0.499 e. The average molecular weight is 317 g/mol. The molecule has 0 heterocycles. The second kappa shape index (κ2) is 5.82. The van der Waals surface area contributed by atoms with Crippen molar-refractivity contribution in [2.45, 2.75) is 12.3 Å². The molecular formula is C15H10F5O2. The number of hydrogen-bond acceptors (Lipinski definition) is 2. The van der Waals surface area contributed by atoms with Gasteiger partial charge in [-0.05, 0) is 48.9 Å². The summed E-state index contributed by atoms with van der Waals surface area (Å²) in [5.74, 6) is 0.0932. The third kappa shape index (κ3) is 3.87. The van der Waals surface area contributed by atoms with Crippen LogP contribution in [0.15, 0.2) is 48.5 Å². The third-order valence-corrected chi connectivity index (χ3v) is 2.53. The fourth-order valence-corrected chi connectivity index (χ4v) is 1.53. The highest BCUT2D eigenvalue weighted by Gasteiger charge is 2.61. The molecule has 0 atom stereocenters. The third-order valence-electron chi connectivity index (χ3n) is 2.53. The van der Waals surface area contributed by atoms with Gasteiger partial charge in [-0.2, -0.15) is 22.0 Å². The van der Waals surface area contributed by atoms with E-state index in [2.05, 4.69) is 11.7 Å². The van der Waals surface area contributed by atoms with Crippen LogP contribution in [-0.2, 0) is 0 Å². The van der Waals surface area contributed by atoms with Crippen LogP contribution in [-0.4, -0.2) is 12.3 Å². The Kier molecular flexibility index (Phi) is 4.25. The molecule has 0 saturated heterocycles. The number of halogens is 5. The molecule has 0 N–H and O–H groups in total. The Labute approximate surface area is 123 Å². The lowest BCUT2D eigenvalue weighted by molar-refractivity contribution is -0.360. The van der Waals surface area contributed by atoms with Crippen molar-refractivity contribution in [1.82, 2.24) is 0 Å². The van der Waals surface area contributed by atoms with Crippen molar-refractivity contribution in [2.24, 2.45) is 0 Å². The van der Waals surface area contributed by atoms with Crippen molar-refractivity contribution in [1.29, 1.82) is 0 Å². The highest BCUT2D eigenvalue weighted by atomic mass is 19.4. The van der Waals surface area contributed by atoms with Gasteiger partial charge in [0.1, 0.15) is 17.2 Å². The standard InChI is InChI=1S/C15H10F5O2/c1-10-3-2-4-13(9-10)21-11-5-7-12(8-6-11)22-15(19,20)14(16,17)18/h2-9H,1H2. The van der Waals surface area contributed by atoms with E-state index in [0.717, 1.165) is 12.1 Å². The van der Waals surface area contributed by atoms with Crippen LogP contribution in [0.1, 0.15) is 5.56 Å². The summed E-state index contributed by atoms with van der Waals surface area (Å²) in [5.41, 5.74) is 0.710. The van der Waals surface area contributed by atoms with E-state index in [9.17, 15) is 22.0 Å². The second-order valence-corrected chi connectivity index (χ2v) is 4.34. The van der Waals surface area contributed by atoms with Crippen molar-refractivity contribution in [3.05, 3.63) is 61.0 Å². The summed E-state index contributed by atoms with van der Waals surface area (Å²) in [4.78, 5) is 0. The molecule has 0 aliphatic carbocycles. The molecular weight excluding hydrogens is 307 g/mol. The van der Waals surface area contributed by atoms with Gasteiger partial charge in [-0.15, -0.1) is 0 Å². The molecule has 2 aromatic carbocycles. The number of benzene rings is 2. The molecule has 0 saturated carbocycles. The Bertz CT molecular complexity index is 635. The predicted octanol–water partition coefficient (Wildman–Crippen LogP) is 5.19. The van der Waals surface area contributed by atoms with Crippen molar-refractivity contribution >= 4 is 0 Å². The molecule has 0 amide bonds. The second-order valence-electron chi connectivity index (χ2n) is 4.34. The van der Waals surface area contributed by atoms with Crippen LogP contribution in [0.25, 0.3) is 0 Å². The van der Waals surface area contributed by atoms with Gasteiger partial charge >= 0.3 is 12.3 Å². The first kappa shape index (κ1) is 16.1. The van der Waals surface area contributed by atoms with Crippen molar-refractivity contribution < 1.29 is 31.4 Å². The van der Waals surface area contributed by atoms with E-state index in [1.165, 1.54) is 12.1 Å². The molecule has 2 nitrogen and oxygen atoms in total. The van der Waals surface area contributed by atoms with Gasteiger partial charge in [-0.3, -0.25) is 0 Å². The zero-order valence-electron chi connectivity index (χ0n) is 11.0. The van der Waals surface area contributed by atoms with Crippen LogP contribution in [0.5, 0.6) is 17.2 Å². The van der Waals surface area contributed by atoms with Gasteiger partial charge in [0.15, 0.2) is 0 Å². The molecule has 0 fully saturated rings. The predicted molar refractivity (Wildman–Crippen MR) is 69.0 cm³/mol. The van der Waals surface area contributed by atoms with E-state index in [4.69, 9.17) is 4.74 Å². The smallest absolute Gasteiger partial charge is 0.457 e. The van der Waals surface area contributed by atoms with Crippen molar-refractivity contribution in [3.8, 4) is 17.2 Å². The number of alkyl halides is 5. The minimum atomic E-state index is -5.78. The average Bonchev–Trinajstić information content (AvgIpc) is 2.39. The van der Waals surface area contributed by atoms with Crippen LogP contribution in [0.4, 0.5) is 22.0 Å². The summed E-state index contributed by atoms with van der Waals surface area (Å²) in [6.07, 6.45) is -11.0. The maximum atomic E-state index is 12.7. The summed E-state index contributed by atoms with van der Waals surface area (Å²) in [6, 6.07) is 11.1. The zero-order valence-corrected chi connectivity index (χ0v) is 11.0. The summed E-state index contributed by atoms with van der Waals surface area (Å²) in [7, 11) is 0. The van der Waals surface area contributed by atoms with Gasteiger partial charge in [0.2, 0.25) is 0 Å². The number of hydrogen-bond donors (Lipinski definition) is 0. The van der Waals surface area contributed by atoms with E-state index in [-0.39, 0.29) is 5.75 Å². The Morgan fingerprint density at radius 3 is 1.91 bits per heavy atom. The highest BCUT2D eigenvalue weighted by molar-refractivity contribution is 5.37. The minimum Gasteiger partial charge on any atom is -0.457 e. The Balaban J connectivity index is 2.08. The lowest BCUT2D eigenvalue weighted by Crippen LogP contribution is -2.41. The van der Waals surface area contributed by atoms with Gasteiger partial charge in [-0.25, -0.2) is 0 Å². The van der Waals surface area contributed by atoms with Crippen LogP contribution >= 0.6 is 0 Å². The Morgan fingerprint density at radius 2 is 1.36 bits per heavy atom. The summed E-state index contributed by atoms with van der Waals surface area (Å²) < 4.78 is 70.6. The van der Waals surface area contributed by atoms with E-state index < -0.39 is 18.0 Å². The van der Waals surface area contributed by atoms with E-state index in [0.29, 0.717) is 11.3 Å². The maximum absolute atomic E-state index is 12.7. The molecule has 7 heteroatoms. The van der Waals surface area contributed by atoms with Gasteiger partial charge in [0.25, 0.3) is 0 Å². The molecule has 117 valence electrons. The fourth-order valence-electron chi connectivity index (χ4n) is 1.53. The van der Waals surface area contributed by atoms with E-state index in [1.54, 1.807) is 24.3 Å². The van der Waals surface area contributed by atoms with Crippen molar-refractivity contribution in [3.63, 3.8) is 0 Å². The van der Waals surface area contributed by atoms with Crippen LogP contribution in [0, 0.1) is 6.92 Å². The van der Waals surface area contributed by atoms with Crippen LogP contribution in [0.3, 0.4) is 0 Å². The molecule has 0 aliphatic rings. The normalized spacial score (nSPS) is 12.1. The molecule has 2 rings (SSSR count). The first-order valence-corrected chi connectivity index (χ1v) is 6.01. The quantitative estimate of drug-likeness (QED) is 0.722. The molecule has 2 aromatic rings. The molecule has 0 bridgehead atoms. The number of ether oxygens (including phenoxy) is 2. The summed E-state index contributed by atoms with van der Waals surface area (Å²) in [5, 5.41) is 0.